The largest absolute Gasteiger partial charge is 0.495 e. The van der Waals surface area contributed by atoms with Crippen LogP contribution >= 0.6 is 0 Å². The molecule has 0 aliphatic carbocycles. The van der Waals surface area contributed by atoms with E-state index in [4.69, 9.17) is 29.4 Å². The van der Waals surface area contributed by atoms with E-state index >= 15 is 0 Å². The van der Waals surface area contributed by atoms with Crippen molar-refractivity contribution in [2.75, 3.05) is 46.6 Å². The highest BCUT2D eigenvalue weighted by atomic mass is 16.5. The summed E-state index contributed by atoms with van der Waals surface area (Å²) in [5.74, 6) is 2.44. The molecule has 1 amide bonds. The van der Waals surface area contributed by atoms with Gasteiger partial charge in [-0.25, -0.2) is 0 Å². The molecule has 0 fully saturated rings. The summed E-state index contributed by atoms with van der Waals surface area (Å²) in [6, 6.07) is 14.5. The third-order valence-electron chi connectivity index (χ3n) is 5.32. The Bertz CT molecular complexity index is 1260. The number of anilines is 2. The van der Waals surface area contributed by atoms with Crippen LogP contribution in [-0.4, -0.2) is 41.5 Å². The average molecular weight is 491 g/mol. The molecule has 0 aromatic heterocycles. The number of rotatable bonds is 10. The van der Waals surface area contributed by atoms with Crippen LogP contribution in [0.4, 0.5) is 11.4 Å². The number of ether oxygens (including phenoxy) is 5. The van der Waals surface area contributed by atoms with Crippen LogP contribution in [0.1, 0.15) is 16.7 Å². The minimum absolute atomic E-state index is 0.301. The summed E-state index contributed by atoms with van der Waals surface area (Å²) < 4.78 is 26.9. The van der Waals surface area contributed by atoms with Gasteiger partial charge in [0.1, 0.15) is 11.5 Å². The van der Waals surface area contributed by atoms with Gasteiger partial charge in [-0.3, -0.25) is 4.79 Å². The zero-order chi connectivity index (χ0) is 26.1. The van der Waals surface area contributed by atoms with Crippen molar-refractivity contribution < 1.29 is 28.5 Å². The summed E-state index contributed by atoms with van der Waals surface area (Å²) in [5.41, 5.74) is 9.44. The van der Waals surface area contributed by atoms with Crippen LogP contribution in [-0.2, 0) is 4.79 Å². The first-order valence-corrected chi connectivity index (χ1v) is 11.0. The van der Waals surface area contributed by atoms with E-state index in [-0.39, 0.29) is 5.91 Å². The quantitative estimate of drug-likeness (QED) is 0.231. The van der Waals surface area contributed by atoms with Gasteiger partial charge in [0.2, 0.25) is 11.7 Å². The number of nitrogen functional groups attached to an aromatic ring is 1. The van der Waals surface area contributed by atoms with Crippen LogP contribution < -0.4 is 34.7 Å². The molecule has 0 aliphatic heterocycles. The molecule has 0 unspecified atom stereocenters. The first-order valence-electron chi connectivity index (χ1n) is 11.0. The molecule has 0 atom stereocenters. The van der Waals surface area contributed by atoms with Gasteiger partial charge >= 0.3 is 0 Å². The van der Waals surface area contributed by atoms with Gasteiger partial charge in [0.05, 0.1) is 46.9 Å². The summed E-state index contributed by atoms with van der Waals surface area (Å²) in [6.07, 6.45) is 6.95. The van der Waals surface area contributed by atoms with E-state index in [0.29, 0.717) is 40.1 Å². The van der Waals surface area contributed by atoms with Crippen LogP contribution in [0.5, 0.6) is 28.7 Å². The minimum Gasteiger partial charge on any atom is -0.495 e. The maximum atomic E-state index is 12.5. The lowest BCUT2D eigenvalue weighted by Crippen LogP contribution is -2.09. The Hall–Kier alpha value is -4.59. The first-order chi connectivity index (χ1) is 17.4. The molecule has 8 heteroatoms. The summed E-state index contributed by atoms with van der Waals surface area (Å²) in [4.78, 5) is 12.5. The van der Waals surface area contributed by atoms with Gasteiger partial charge in [0.15, 0.2) is 11.5 Å². The Morgan fingerprint density at radius 3 is 1.81 bits per heavy atom. The van der Waals surface area contributed by atoms with Gasteiger partial charge in [-0.05, 0) is 59.2 Å². The Morgan fingerprint density at radius 1 is 0.667 bits per heavy atom. The molecule has 8 nitrogen and oxygen atoms in total. The second-order valence-corrected chi connectivity index (χ2v) is 7.58. The highest BCUT2D eigenvalue weighted by molar-refractivity contribution is 6.03. The predicted molar refractivity (Wildman–Crippen MR) is 143 cm³/mol. The molecule has 0 heterocycles. The monoisotopic (exact) mass is 490 g/mol. The number of amides is 1. The van der Waals surface area contributed by atoms with Gasteiger partial charge in [0.25, 0.3) is 0 Å². The first kappa shape index (κ1) is 26.0. The van der Waals surface area contributed by atoms with Crippen LogP contribution in [0.2, 0.25) is 0 Å². The molecule has 0 bridgehead atoms. The number of hydrogen-bond donors (Lipinski definition) is 2. The van der Waals surface area contributed by atoms with Gasteiger partial charge in [-0.15, -0.1) is 0 Å². The topological polar surface area (TPSA) is 101 Å². The number of carbonyl (C=O) groups excluding carboxylic acids is 1. The standard InChI is InChI=1S/C28H30N2O6/c1-32-23-14-19(8-11-21(23)29)10-13-27(31)30-22-12-9-18(15-24(22)33-2)6-7-20-16-25(34-3)28(36-5)26(17-20)35-4/h6-17H,29H2,1-5H3,(H,30,31)/b7-6+,13-10+. The molecular formula is C28H30N2O6. The molecule has 3 N–H and O–H groups in total. The summed E-state index contributed by atoms with van der Waals surface area (Å²) in [5, 5.41) is 2.84. The molecule has 0 saturated heterocycles. The Balaban J connectivity index is 1.75. The lowest BCUT2D eigenvalue weighted by atomic mass is 10.1. The normalized spacial score (nSPS) is 10.9. The lowest BCUT2D eigenvalue weighted by Gasteiger charge is -2.13. The van der Waals surface area contributed by atoms with Crippen molar-refractivity contribution in [3.8, 4) is 28.7 Å². The highest BCUT2D eigenvalue weighted by Crippen LogP contribution is 2.38. The number of nitrogens with two attached hydrogens (primary N) is 1. The van der Waals surface area contributed by atoms with E-state index in [1.807, 2.05) is 36.4 Å². The van der Waals surface area contributed by atoms with Crippen molar-refractivity contribution in [1.29, 1.82) is 0 Å². The number of nitrogens with one attached hydrogen (secondary N) is 1. The van der Waals surface area contributed by atoms with Gasteiger partial charge in [-0.1, -0.05) is 24.3 Å². The molecule has 3 aromatic rings. The molecule has 36 heavy (non-hydrogen) atoms. The van der Waals surface area contributed by atoms with Crippen molar-refractivity contribution in [1.82, 2.24) is 0 Å². The maximum absolute atomic E-state index is 12.5. The Kier molecular flexibility index (Phi) is 8.83. The second kappa shape index (κ2) is 12.2. The molecule has 0 aliphatic rings. The van der Waals surface area contributed by atoms with Crippen LogP contribution in [0.3, 0.4) is 0 Å². The number of carbonyl (C=O) groups is 1. The van der Waals surface area contributed by atoms with Gasteiger partial charge in [0, 0.05) is 6.08 Å². The van der Waals surface area contributed by atoms with E-state index in [1.54, 1.807) is 65.9 Å². The molecule has 0 spiro atoms. The molecule has 0 radical (unpaired) electrons. The van der Waals surface area contributed by atoms with Gasteiger partial charge < -0.3 is 34.7 Å². The van der Waals surface area contributed by atoms with E-state index < -0.39 is 0 Å². The van der Waals surface area contributed by atoms with E-state index in [0.717, 1.165) is 16.7 Å². The van der Waals surface area contributed by atoms with Crippen molar-refractivity contribution >= 4 is 35.5 Å². The fraction of sp³-hybridized carbons (Fsp3) is 0.179. The van der Waals surface area contributed by atoms with Crippen molar-refractivity contribution in [3.63, 3.8) is 0 Å². The SMILES string of the molecule is COc1cc(/C=C/C(=O)Nc2ccc(/C=C/c3cc(OC)c(OC)c(OC)c3)cc2OC)ccc1N. The average Bonchev–Trinajstić information content (AvgIpc) is 2.91. The zero-order valence-corrected chi connectivity index (χ0v) is 21.0. The van der Waals surface area contributed by atoms with E-state index in [1.165, 1.54) is 6.08 Å². The molecule has 188 valence electrons. The van der Waals surface area contributed by atoms with E-state index in [9.17, 15) is 4.79 Å². The second-order valence-electron chi connectivity index (χ2n) is 7.58. The summed E-state index contributed by atoms with van der Waals surface area (Å²) in [6.45, 7) is 0. The minimum atomic E-state index is -0.301. The fourth-order valence-corrected chi connectivity index (χ4v) is 3.48. The molecule has 3 rings (SSSR count). The van der Waals surface area contributed by atoms with Crippen molar-refractivity contribution in [2.45, 2.75) is 0 Å². The number of hydrogen-bond acceptors (Lipinski definition) is 7. The van der Waals surface area contributed by atoms with E-state index in [2.05, 4.69) is 5.32 Å². The highest BCUT2D eigenvalue weighted by Gasteiger charge is 2.12. The fourth-order valence-electron chi connectivity index (χ4n) is 3.48. The summed E-state index contributed by atoms with van der Waals surface area (Å²) in [7, 11) is 7.80. The van der Waals surface area contributed by atoms with Crippen LogP contribution in [0, 0.1) is 0 Å². The van der Waals surface area contributed by atoms with Crippen molar-refractivity contribution in [3.05, 3.63) is 71.3 Å². The number of methoxy groups -OCH3 is 5. The molecule has 0 saturated carbocycles. The van der Waals surface area contributed by atoms with Crippen molar-refractivity contribution in [2.24, 2.45) is 0 Å². The predicted octanol–water partition coefficient (Wildman–Crippen LogP) is 5.13. The lowest BCUT2D eigenvalue weighted by molar-refractivity contribution is -0.111. The van der Waals surface area contributed by atoms with Crippen LogP contribution in [0.15, 0.2) is 54.6 Å². The number of benzene rings is 3. The smallest absolute Gasteiger partial charge is 0.248 e. The Labute approximate surface area is 210 Å². The molecule has 3 aromatic carbocycles. The third-order valence-corrected chi connectivity index (χ3v) is 5.32. The van der Waals surface area contributed by atoms with Crippen LogP contribution in [0.25, 0.3) is 18.2 Å². The van der Waals surface area contributed by atoms with Gasteiger partial charge in [-0.2, -0.15) is 0 Å². The molecular weight excluding hydrogens is 460 g/mol. The zero-order valence-electron chi connectivity index (χ0n) is 21.0. The third kappa shape index (κ3) is 6.29. The maximum Gasteiger partial charge on any atom is 0.248 e. The Morgan fingerprint density at radius 2 is 1.19 bits per heavy atom. The summed E-state index contributed by atoms with van der Waals surface area (Å²) >= 11 is 0.